The van der Waals surface area contributed by atoms with Crippen molar-refractivity contribution in [3.63, 3.8) is 0 Å². The normalized spacial score (nSPS) is 12.8. The molecule has 9 heteroatoms. The van der Waals surface area contributed by atoms with Crippen molar-refractivity contribution in [2.75, 3.05) is 0 Å². The second-order valence-corrected chi connectivity index (χ2v) is 8.32. The van der Waals surface area contributed by atoms with Crippen molar-refractivity contribution < 1.29 is 49.3 Å². The molecule has 1 unspecified atom stereocenters. The molecule has 3 N–H and O–H groups in total. The Kier molecular flexibility index (Phi) is 9.57. The Hall–Kier alpha value is 0.660. The van der Waals surface area contributed by atoms with Crippen LogP contribution in [0.3, 0.4) is 0 Å². The third kappa shape index (κ3) is 5.84. The minimum atomic E-state index is -1.04. The van der Waals surface area contributed by atoms with Gasteiger partial charge in [-0.2, -0.15) is 0 Å². The van der Waals surface area contributed by atoms with Gasteiger partial charge in [0.05, 0.1) is 3.92 Å². The first kappa shape index (κ1) is 22.7. The number of carbonyl (C=O) groups is 1. The summed E-state index contributed by atoms with van der Waals surface area (Å²) in [4.78, 5) is 10.9. The van der Waals surface area contributed by atoms with Crippen LogP contribution in [0.2, 0.25) is 0 Å². The molecule has 0 spiro atoms. The zero-order chi connectivity index (χ0) is 17.1. The Morgan fingerprint density at radius 1 is 1.12 bits per heavy atom. The van der Waals surface area contributed by atoms with Crippen LogP contribution in [0.25, 0.3) is 0 Å². The van der Waals surface area contributed by atoms with E-state index in [1.807, 2.05) is 67.8 Å². The van der Waals surface area contributed by atoms with E-state index in [9.17, 15) is 9.90 Å². The van der Waals surface area contributed by atoms with Crippen LogP contribution in [0.1, 0.15) is 9.49 Å². The largest absolute Gasteiger partial charge is 1.00 e. The number of benzene rings is 2. The zero-order valence-corrected chi connectivity index (χ0v) is 21.0. The van der Waals surface area contributed by atoms with Gasteiger partial charge in [-0.25, -0.2) is 0 Å². The molecule has 2 rings (SSSR count). The topological polar surface area (TPSA) is 95.6 Å². The summed E-state index contributed by atoms with van der Waals surface area (Å²) in [5.41, 5.74) is 6.44. The van der Waals surface area contributed by atoms with Crippen LogP contribution in [0.4, 0.5) is 0 Å². The van der Waals surface area contributed by atoms with Crippen LogP contribution in [-0.2, 0) is 4.79 Å². The Labute approximate surface area is 202 Å². The molecular weight excluding hydrogens is 662 g/mol. The number of hydrogen-bond acceptors (Lipinski definition) is 4. The molecule has 122 valence electrons. The zero-order valence-electron chi connectivity index (χ0n) is 12.5. The van der Waals surface area contributed by atoms with E-state index in [4.69, 9.17) is 15.6 Å². The fraction of sp³-hybridized carbons (Fsp3) is 0.133. The molecule has 0 radical (unpaired) electrons. The summed E-state index contributed by atoms with van der Waals surface area (Å²) < 4.78 is 6.60. The maximum Gasteiger partial charge on any atom is 1.00 e. The van der Waals surface area contributed by atoms with Crippen molar-refractivity contribution in [2.24, 2.45) is 5.73 Å². The molecule has 24 heavy (non-hydrogen) atoms. The fourth-order valence-corrected chi connectivity index (χ4v) is 4.22. The van der Waals surface area contributed by atoms with Crippen LogP contribution in [0, 0.1) is 7.14 Å². The van der Waals surface area contributed by atoms with Crippen LogP contribution >= 0.6 is 67.8 Å². The van der Waals surface area contributed by atoms with Crippen molar-refractivity contribution in [1.29, 1.82) is 0 Å². The number of ether oxygens (including phenoxy) is 1. The molecule has 0 saturated heterocycles. The maximum atomic E-state index is 11.7. The molecule has 0 aliphatic carbocycles. The minimum absolute atomic E-state index is 0. The Morgan fingerprint density at radius 3 is 2.08 bits per heavy atom. The van der Waals surface area contributed by atoms with E-state index >= 15 is 0 Å². The predicted molar refractivity (Wildman–Crippen MR) is 110 cm³/mol. The molecule has 0 aromatic heterocycles. The van der Waals surface area contributed by atoms with Gasteiger partial charge in [0.1, 0.15) is 17.5 Å². The van der Waals surface area contributed by atoms with Crippen LogP contribution in [0.15, 0.2) is 36.4 Å². The van der Waals surface area contributed by atoms with Gasteiger partial charge in [0.2, 0.25) is 0 Å². The van der Waals surface area contributed by atoms with Gasteiger partial charge >= 0.3 is 35.5 Å². The molecule has 0 aliphatic heterocycles. The number of alkyl halides is 1. The number of rotatable bonds is 5. The average Bonchev–Trinajstić information content (AvgIpc) is 2.51. The summed E-state index contributed by atoms with van der Waals surface area (Å²) in [5, 5.41) is 20.6. The quantitative estimate of drug-likeness (QED) is 0.277. The Balaban J connectivity index is 0.00000288. The number of hydrogen-bond donors (Lipinski definition) is 2. The van der Waals surface area contributed by atoms with E-state index in [0.29, 0.717) is 18.6 Å². The minimum Gasteiger partial charge on any atom is -0.871 e. The molecule has 0 heterocycles. The summed E-state index contributed by atoms with van der Waals surface area (Å²) in [6, 6.07) is 9.47. The average molecular weight is 673 g/mol. The standard InChI is InChI=1S/C15H12I3NO4.Na/c16-10-5-9(6-11(17)14(10)20)23-8-3-1-7(2-4-8)12(18)13(19)15(21)22;/h1-6,12-13,20H,19H2,(H,21,22);/q;+1/p-1/t12?,13-;/m1./s1. The maximum absolute atomic E-state index is 11.7. The van der Waals surface area contributed by atoms with Crippen LogP contribution < -0.4 is 45.1 Å². The monoisotopic (exact) mass is 673 g/mol. The van der Waals surface area contributed by atoms with E-state index in [1.54, 1.807) is 36.4 Å². The van der Waals surface area contributed by atoms with Crippen molar-refractivity contribution in [2.45, 2.75) is 9.97 Å². The molecular formula is C15H11I3NNaO4. The molecule has 2 aromatic rings. The first-order valence-electron chi connectivity index (χ1n) is 6.36. The first-order chi connectivity index (χ1) is 10.8. The SMILES string of the molecule is N[C@@H](C(=O)O)C(I)c1ccc(Oc2cc(I)c([O-])c(I)c2)cc1.[Na+]. The molecule has 0 bridgehead atoms. The van der Waals surface area contributed by atoms with E-state index in [1.165, 1.54) is 0 Å². The van der Waals surface area contributed by atoms with Gasteiger partial charge in [-0.15, -0.1) is 0 Å². The third-order valence-corrected chi connectivity index (χ3v) is 6.10. The summed E-state index contributed by atoms with van der Waals surface area (Å²) in [7, 11) is 0. The van der Waals surface area contributed by atoms with Gasteiger partial charge in [-0.3, -0.25) is 4.79 Å². The Morgan fingerprint density at radius 2 is 1.62 bits per heavy atom. The predicted octanol–water partition coefficient (Wildman–Crippen LogP) is 0.654. The van der Waals surface area contributed by atoms with Gasteiger partial charge in [0.15, 0.2) is 0 Å². The van der Waals surface area contributed by atoms with Gasteiger partial charge < -0.3 is 20.7 Å². The van der Waals surface area contributed by atoms with Gasteiger partial charge in [-0.1, -0.05) is 40.5 Å². The first-order valence-corrected chi connectivity index (χ1v) is 9.76. The van der Waals surface area contributed by atoms with E-state index in [0.717, 1.165) is 5.56 Å². The summed E-state index contributed by atoms with van der Waals surface area (Å²) in [5.74, 6) is 0.141. The fourth-order valence-electron chi connectivity index (χ4n) is 1.78. The second kappa shape index (κ2) is 10.1. The summed E-state index contributed by atoms with van der Waals surface area (Å²) in [6.45, 7) is 0. The van der Waals surface area contributed by atoms with Gasteiger partial charge in [0, 0.05) is 7.14 Å². The molecule has 2 atom stereocenters. The van der Waals surface area contributed by atoms with E-state index in [2.05, 4.69) is 0 Å². The van der Waals surface area contributed by atoms with E-state index < -0.39 is 12.0 Å². The van der Waals surface area contributed by atoms with Crippen LogP contribution in [0.5, 0.6) is 17.2 Å². The third-order valence-electron chi connectivity index (χ3n) is 3.01. The number of carboxylic acid groups (broad SMARTS) is 1. The smallest absolute Gasteiger partial charge is 0.871 e. The Bertz CT molecular complexity index is 704. The molecule has 2 aromatic carbocycles. The molecule has 5 nitrogen and oxygen atoms in total. The van der Waals surface area contributed by atoms with Crippen molar-refractivity contribution in [1.82, 2.24) is 0 Å². The van der Waals surface area contributed by atoms with Gasteiger partial charge in [0.25, 0.3) is 0 Å². The van der Waals surface area contributed by atoms with Gasteiger partial charge in [-0.05, 0) is 75.0 Å². The van der Waals surface area contributed by atoms with Crippen molar-refractivity contribution in [3.05, 3.63) is 49.1 Å². The number of carboxylic acids is 1. The van der Waals surface area contributed by atoms with Crippen molar-refractivity contribution >= 4 is 73.7 Å². The van der Waals surface area contributed by atoms with E-state index in [-0.39, 0.29) is 39.2 Å². The molecule has 0 saturated carbocycles. The second-order valence-electron chi connectivity index (χ2n) is 4.65. The van der Waals surface area contributed by atoms with Crippen LogP contribution in [-0.4, -0.2) is 17.1 Å². The van der Waals surface area contributed by atoms with Crippen molar-refractivity contribution in [3.8, 4) is 17.2 Å². The number of nitrogens with two attached hydrogens (primary N) is 1. The number of aliphatic carboxylic acids is 1. The summed E-state index contributed by atoms with van der Waals surface area (Å²) in [6.07, 6.45) is 0. The molecule has 0 amide bonds. The molecule has 0 fully saturated rings. The number of halogens is 3. The summed E-state index contributed by atoms with van der Waals surface area (Å²) >= 11 is 5.97. The molecule has 0 aliphatic rings.